The van der Waals surface area contributed by atoms with E-state index in [2.05, 4.69) is 11.6 Å². The van der Waals surface area contributed by atoms with Gasteiger partial charge in [-0.15, -0.1) is 0 Å². The smallest absolute Gasteiger partial charge is 0.251 e. The van der Waals surface area contributed by atoms with Gasteiger partial charge in [0.15, 0.2) is 0 Å². The largest absolute Gasteiger partial charge is 0.396 e. The molecule has 3 nitrogen and oxygen atoms in total. The van der Waals surface area contributed by atoms with Gasteiger partial charge in [0.05, 0.1) is 15.7 Å². The van der Waals surface area contributed by atoms with Crippen molar-refractivity contribution in [1.82, 2.24) is 5.32 Å². The van der Waals surface area contributed by atoms with E-state index in [0.717, 1.165) is 12.8 Å². The van der Waals surface area contributed by atoms with Crippen LogP contribution in [0.2, 0.25) is 10.0 Å². The van der Waals surface area contributed by atoms with E-state index in [0.29, 0.717) is 27.8 Å². The van der Waals surface area contributed by atoms with Gasteiger partial charge in [-0.1, -0.05) is 29.6 Å². The third-order valence-corrected chi connectivity index (χ3v) is 5.65. The summed E-state index contributed by atoms with van der Waals surface area (Å²) in [6.45, 7) is 0.673. The van der Waals surface area contributed by atoms with Crippen LogP contribution in [0.15, 0.2) is 12.1 Å². The van der Waals surface area contributed by atoms with Gasteiger partial charge in [-0.3, -0.25) is 4.79 Å². The number of nitrogen functional groups attached to an aromatic ring is 1. The van der Waals surface area contributed by atoms with Crippen molar-refractivity contribution in [2.45, 2.75) is 24.0 Å². The van der Waals surface area contributed by atoms with Gasteiger partial charge < -0.3 is 11.1 Å². The molecule has 1 aliphatic rings. The first-order valence-corrected chi connectivity index (χ1v) is 8.03. The molecule has 0 atom stereocenters. The van der Waals surface area contributed by atoms with Crippen molar-refractivity contribution in [3.05, 3.63) is 27.7 Å². The summed E-state index contributed by atoms with van der Waals surface area (Å²) in [4.78, 5) is 12.1. The first-order chi connectivity index (χ1) is 8.97. The zero-order valence-corrected chi connectivity index (χ0v) is 13.0. The molecule has 0 aliphatic heterocycles. The summed E-state index contributed by atoms with van der Waals surface area (Å²) in [7, 11) is 0. The Labute approximate surface area is 127 Å². The van der Waals surface area contributed by atoms with Gasteiger partial charge in [-0.05, 0) is 31.2 Å². The zero-order chi connectivity index (χ0) is 14.0. The first kappa shape index (κ1) is 14.8. The maximum Gasteiger partial charge on any atom is 0.251 e. The number of hydrogen-bond acceptors (Lipinski definition) is 3. The SMILES string of the molecule is CSC1(CNC(=O)c2cc(Cl)c(N)c(Cl)c2)CCC1. The summed E-state index contributed by atoms with van der Waals surface area (Å²) >= 11 is 13.7. The van der Waals surface area contributed by atoms with Crippen molar-refractivity contribution in [2.24, 2.45) is 0 Å². The second-order valence-electron chi connectivity index (χ2n) is 4.78. The molecule has 6 heteroatoms. The number of nitrogens with one attached hydrogen (secondary N) is 1. The summed E-state index contributed by atoms with van der Waals surface area (Å²) in [5, 5.41) is 3.56. The lowest BCUT2D eigenvalue weighted by Gasteiger charge is -2.40. The second-order valence-corrected chi connectivity index (χ2v) is 6.87. The Morgan fingerprint density at radius 3 is 2.42 bits per heavy atom. The van der Waals surface area contributed by atoms with Crippen molar-refractivity contribution >= 4 is 46.6 Å². The summed E-state index contributed by atoms with van der Waals surface area (Å²) in [5.74, 6) is -0.163. The molecule has 0 aromatic heterocycles. The third kappa shape index (κ3) is 3.12. The summed E-state index contributed by atoms with van der Waals surface area (Å²) in [5.41, 5.74) is 6.40. The number of nitrogens with two attached hydrogens (primary N) is 1. The fourth-order valence-corrected chi connectivity index (χ4v) is 3.48. The minimum absolute atomic E-state index is 0.163. The molecule has 0 radical (unpaired) electrons. The molecule has 1 amide bonds. The van der Waals surface area contributed by atoms with Crippen molar-refractivity contribution in [3.63, 3.8) is 0 Å². The lowest BCUT2D eigenvalue weighted by molar-refractivity contribution is 0.0944. The van der Waals surface area contributed by atoms with Crippen LogP contribution in [0.1, 0.15) is 29.6 Å². The van der Waals surface area contributed by atoms with Crippen LogP contribution in [0.4, 0.5) is 5.69 Å². The molecule has 0 spiro atoms. The number of halogens is 2. The van der Waals surface area contributed by atoms with E-state index in [-0.39, 0.29) is 10.7 Å². The number of carbonyl (C=O) groups is 1. The molecule has 1 saturated carbocycles. The molecule has 1 fully saturated rings. The Hall–Kier alpha value is -0.580. The molecule has 0 unspecified atom stereocenters. The number of rotatable bonds is 4. The Balaban J connectivity index is 2.04. The van der Waals surface area contributed by atoms with E-state index in [1.807, 2.05) is 11.8 Å². The summed E-state index contributed by atoms with van der Waals surface area (Å²) in [6.07, 6.45) is 5.62. The molecule has 0 heterocycles. The van der Waals surface area contributed by atoms with Crippen molar-refractivity contribution in [3.8, 4) is 0 Å². The second kappa shape index (κ2) is 5.81. The molecule has 104 valence electrons. The normalized spacial score (nSPS) is 16.8. The van der Waals surface area contributed by atoms with Gasteiger partial charge in [0.25, 0.3) is 5.91 Å². The Morgan fingerprint density at radius 1 is 1.42 bits per heavy atom. The standard InChI is InChI=1S/C13H16Cl2N2OS/c1-19-13(3-2-4-13)7-17-12(18)8-5-9(14)11(16)10(15)6-8/h5-6H,2-4,7,16H2,1H3,(H,17,18). The van der Waals surface area contributed by atoms with Crippen LogP contribution in [-0.2, 0) is 0 Å². The van der Waals surface area contributed by atoms with E-state index in [1.54, 1.807) is 12.1 Å². The van der Waals surface area contributed by atoms with Crippen molar-refractivity contribution < 1.29 is 4.79 Å². The number of carbonyl (C=O) groups excluding carboxylic acids is 1. The van der Waals surface area contributed by atoms with E-state index < -0.39 is 0 Å². The topological polar surface area (TPSA) is 55.1 Å². The molecule has 3 N–H and O–H groups in total. The average Bonchev–Trinajstić information content (AvgIpc) is 2.34. The molecule has 1 aliphatic carbocycles. The van der Waals surface area contributed by atoms with Gasteiger partial charge in [-0.2, -0.15) is 11.8 Å². The van der Waals surface area contributed by atoms with Crippen molar-refractivity contribution in [2.75, 3.05) is 18.5 Å². The molecule has 0 bridgehead atoms. The molecule has 19 heavy (non-hydrogen) atoms. The van der Waals surface area contributed by atoms with E-state index in [9.17, 15) is 4.79 Å². The highest BCUT2D eigenvalue weighted by atomic mass is 35.5. The van der Waals surface area contributed by atoms with Crippen LogP contribution < -0.4 is 11.1 Å². The summed E-state index contributed by atoms with van der Waals surface area (Å²) in [6, 6.07) is 3.09. The van der Waals surface area contributed by atoms with Crippen molar-refractivity contribution in [1.29, 1.82) is 0 Å². The molecular weight excluding hydrogens is 303 g/mol. The van der Waals surface area contributed by atoms with Crippen LogP contribution in [0.3, 0.4) is 0 Å². The minimum atomic E-state index is -0.163. The van der Waals surface area contributed by atoms with Crippen LogP contribution >= 0.6 is 35.0 Å². The van der Waals surface area contributed by atoms with E-state index >= 15 is 0 Å². The summed E-state index contributed by atoms with van der Waals surface area (Å²) < 4.78 is 0.205. The van der Waals surface area contributed by atoms with Crippen LogP contribution in [-0.4, -0.2) is 23.5 Å². The van der Waals surface area contributed by atoms with E-state index in [1.165, 1.54) is 6.42 Å². The van der Waals surface area contributed by atoms with Gasteiger partial charge in [0.1, 0.15) is 0 Å². The number of thioether (sulfide) groups is 1. The van der Waals surface area contributed by atoms with Crippen LogP contribution in [0, 0.1) is 0 Å². The Bertz CT molecular complexity index is 475. The highest BCUT2D eigenvalue weighted by molar-refractivity contribution is 8.00. The van der Waals surface area contributed by atoms with Crippen LogP contribution in [0.5, 0.6) is 0 Å². The van der Waals surface area contributed by atoms with E-state index in [4.69, 9.17) is 28.9 Å². The van der Waals surface area contributed by atoms with Gasteiger partial charge in [0, 0.05) is 16.9 Å². The number of hydrogen-bond donors (Lipinski definition) is 2. The molecular formula is C13H16Cl2N2OS. The Morgan fingerprint density at radius 2 is 2.00 bits per heavy atom. The highest BCUT2D eigenvalue weighted by Gasteiger charge is 2.36. The molecule has 0 saturated heterocycles. The average molecular weight is 319 g/mol. The maximum atomic E-state index is 12.1. The molecule has 1 aromatic carbocycles. The van der Waals surface area contributed by atoms with Crippen LogP contribution in [0.25, 0.3) is 0 Å². The maximum absolute atomic E-state index is 12.1. The lowest BCUT2D eigenvalue weighted by Crippen LogP contribution is -2.45. The lowest BCUT2D eigenvalue weighted by atomic mass is 9.84. The fourth-order valence-electron chi connectivity index (χ4n) is 2.08. The predicted octanol–water partition coefficient (Wildman–Crippen LogP) is 3.59. The number of amides is 1. The first-order valence-electron chi connectivity index (χ1n) is 6.05. The predicted molar refractivity (Wildman–Crippen MR) is 83.3 cm³/mol. The third-order valence-electron chi connectivity index (χ3n) is 3.61. The fraction of sp³-hybridized carbons (Fsp3) is 0.462. The minimum Gasteiger partial charge on any atom is -0.396 e. The Kier molecular flexibility index (Phi) is 4.54. The highest BCUT2D eigenvalue weighted by Crippen LogP contribution is 2.42. The molecule has 2 rings (SSSR count). The monoisotopic (exact) mass is 318 g/mol. The molecule has 1 aromatic rings. The van der Waals surface area contributed by atoms with Gasteiger partial charge in [0.2, 0.25) is 0 Å². The van der Waals surface area contributed by atoms with Gasteiger partial charge in [-0.25, -0.2) is 0 Å². The quantitative estimate of drug-likeness (QED) is 0.834. The number of benzene rings is 1. The zero-order valence-electron chi connectivity index (χ0n) is 10.6. The number of anilines is 1. The van der Waals surface area contributed by atoms with Gasteiger partial charge >= 0.3 is 0 Å².